The summed E-state index contributed by atoms with van der Waals surface area (Å²) in [6.45, 7) is -0.797. The van der Waals surface area contributed by atoms with Gasteiger partial charge in [0.1, 0.15) is 6.61 Å². The normalized spacial score (nSPS) is 12.5. The van der Waals surface area contributed by atoms with Crippen LogP contribution in [-0.2, 0) is 30.4 Å². The molecule has 8 nitrogen and oxygen atoms in total. The van der Waals surface area contributed by atoms with Gasteiger partial charge in [-0.05, 0) is 5.56 Å². The van der Waals surface area contributed by atoms with E-state index in [1.54, 1.807) is 30.3 Å². The third kappa shape index (κ3) is 6.10. The maximum atomic E-state index is 11.8. The maximum Gasteiger partial charge on any atom is 0.410 e. The van der Waals surface area contributed by atoms with Gasteiger partial charge in [0.2, 0.25) is 0 Å². The zero-order valence-electron chi connectivity index (χ0n) is 12.1. The predicted molar refractivity (Wildman–Crippen MR) is 74.0 cm³/mol. The minimum Gasteiger partial charge on any atom is -0.548 e. The predicted octanol–water partition coefficient (Wildman–Crippen LogP) is -0.650. The molecule has 1 unspecified atom stereocenters. The number of carbonyl (C=O) groups excluding carboxylic acids is 2. The van der Waals surface area contributed by atoms with Crippen molar-refractivity contribution in [1.82, 2.24) is 4.90 Å². The second kappa shape index (κ2) is 7.76. The molecular formula is C13H16NO7S-. The van der Waals surface area contributed by atoms with E-state index in [1.165, 1.54) is 0 Å². The summed E-state index contributed by atoms with van der Waals surface area (Å²) in [7, 11) is -2.68. The Balaban J connectivity index is 2.62. The lowest BCUT2D eigenvalue weighted by atomic mass is 10.2. The lowest BCUT2D eigenvalue weighted by Crippen LogP contribution is -2.51. The smallest absolute Gasteiger partial charge is 0.410 e. The first-order valence-corrected chi connectivity index (χ1v) is 8.01. The zero-order valence-corrected chi connectivity index (χ0v) is 12.9. The fraction of sp³-hybridized carbons (Fsp3) is 0.385. The van der Waals surface area contributed by atoms with Crippen LogP contribution in [0.3, 0.4) is 0 Å². The highest BCUT2D eigenvalue weighted by Crippen LogP contribution is 2.06. The van der Waals surface area contributed by atoms with Crippen molar-refractivity contribution in [2.75, 3.05) is 19.9 Å². The summed E-state index contributed by atoms with van der Waals surface area (Å²) in [5, 5.41) is 11.0. The molecule has 0 heterocycles. The van der Waals surface area contributed by atoms with Gasteiger partial charge in [-0.3, -0.25) is 4.18 Å². The molecule has 1 amide bonds. The SMILES string of the molecule is CN(C(=O)OCc1ccccc1)C(COS(C)(=O)=O)C(=O)[O-]. The first-order chi connectivity index (χ1) is 10.2. The summed E-state index contributed by atoms with van der Waals surface area (Å²) >= 11 is 0. The first kappa shape index (κ1) is 17.9. The Labute approximate surface area is 128 Å². The van der Waals surface area contributed by atoms with E-state index in [4.69, 9.17) is 4.74 Å². The van der Waals surface area contributed by atoms with Crippen LogP contribution in [0, 0.1) is 0 Å². The third-order valence-corrected chi connectivity index (χ3v) is 3.24. The highest BCUT2D eigenvalue weighted by atomic mass is 32.2. The minimum absolute atomic E-state index is 0.0449. The quantitative estimate of drug-likeness (QED) is 0.610. The van der Waals surface area contributed by atoms with Crippen LogP contribution in [0.25, 0.3) is 0 Å². The Morgan fingerprint density at radius 3 is 2.36 bits per heavy atom. The largest absolute Gasteiger partial charge is 0.548 e. The van der Waals surface area contributed by atoms with E-state index in [9.17, 15) is 23.1 Å². The van der Waals surface area contributed by atoms with Crippen LogP contribution in [0.15, 0.2) is 30.3 Å². The number of likely N-dealkylation sites (N-methyl/N-ethyl adjacent to an activating group) is 1. The van der Waals surface area contributed by atoms with Gasteiger partial charge in [0.05, 0.1) is 24.9 Å². The lowest BCUT2D eigenvalue weighted by molar-refractivity contribution is -0.311. The summed E-state index contributed by atoms with van der Waals surface area (Å²) in [6.07, 6.45) is -0.164. The van der Waals surface area contributed by atoms with Crippen molar-refractivity contribution in [3.8, 4) is 0 Å². The molecule has 0 aliphatic carbocycles. The number of carboxylic acid groups (broad SMARTS) is 1. The van der Waals surface area contributed by atoms with Gasteiger partial charge in [0.25, 0.3) is 10.1 Å². The molecule has 0 bridgehead atoms. The lowest BCUT2D eigenvalue weighted by Gasteiger charge is -2.27. The van der Waals surface area contributed by atoms with Crippen molar-refractivity contribution in [3.05, 3.63) is 35.9 Å². The molecule has 0 saturated carbocycles. The molecule has 1 aromatic rings. The molecule has 22 heavy (non-hydrogen) atoms. The van der Waals surface area contributed by atoms with E-state index >= 15 is 0 Å². The topological polar surface area (TPSA) is 113 Å². The molecule has 0 aromatic heterocycles. The summed E-state index contributed by atoms with van der Waals surface area (Å²) in [5.74, 6) is -1.65. The van der Waals surface area contributed by atoms with E-state index in [2.05, 4.69) is 4.18 Å². The second-order valence-electron chi connectivity index (χ2n) is 4.47. The summed E-state index contributed by atoms with van der Waals surface area (Å²) in [4.78, 5) is 23.5. The van der Waals surface area contributed by atoms with Crippen LogP contribution in [0.5, 0.6) is 0 Å². The van der Waals surface area contributed by atoms with E-state index in [0.29, 0.717) is 4.90 Å². The van der Waals surface area contributed by atoms with E-state index in [-0.39, 0.29) is 6.61 Å². The minimum atomic E-state index is -3.84. The van der Waals surface area contributed by atoms with Gasteiger partial charge in [0, 0.05) is 7.05 Å². The monoisotopic (exact) mass is 330 g/mol. The average Bonchev–Trinajstić information content (AvgIpc) is 2.44. The molecule has 0 aliphatic rings. The van der Waals surface area contributed by atoms with Gasteiger partial charge >= 0.3 is 6.09 Å². The first-order valence-electron chi connectivity index (χ1n) is 6.19. The Kier molecular flexibility index (Phi) is 6.32. The molecular weight excluding hydrogens is 314 g/mol. The van der Waals surface area contributed by atoms with Crippen molar-refractivity contribution in [2.45, 2.75) is 12.6 Å². The standard InChI is InChI=1S/C13H17NO7S/c1-14(11(12(15)16)9-21-22(2,18)19)13(17)20-8-10-6-4-3-5-7-10/h3-7,11H,8-9H2,1-2H3,(H,15,16)/p-1. The van der Waals surface area contributed by atoms with Crippen molar-refractivity contribution >= 4 is 22.2 Å². The number of rotatable bonds is 7. The maximum absolute atomic E-state index is 11.8. The van der Waals surface area contributed by atoms with E-state index < -0.39 is 34.8 Å². The van der Waals surface area contributed by atoms with Gasteiger partial charge in [-0.15, -0.1) is 0 Å². The average molecular weight is 330 g/mol. The van der Waals surface area contributed by atoms with Crippen molar-refractivity contribution in [2.24, 2.45) is 0 Å². The van der Waals surface area contributed by atoms with Crippen LogP contribution in [0.1, 0.15) is 5.56 Å². The second-order valence-corrected chi connectivity index (χ2v) is 6.12. The fourth-order valence-electron chi connectivity index (χ4n) is 1.47. The number of carbonyl (C=O) groups is 2. The number of benzene rings is 1. The molecule has 0 aliphatic heterocycles. The molecule has 1 aromatic carbocycles. The number of amides is 1. The third-order valence-electron chi connectivity index (χ3n) is 2.67. The Bertz CT molecular complexity index is 615. The van der Waals surface area contributed by atoms with E-state index in [1.807, 2.05) is 0 Å². The molecule has 0 spiro atoms. The Morgan fingerprint density at radius 1 is 1.27 bits per heavy atom. The Hall–Kier alpha value is -2.13. The fourth-order valence-corrected chi connectivity index (χ4v) is 1.85. The van der Waals surface area contributed by atoms with Gasteiger partial charge in [0.15, 0.2) is 0 Å². The molecule has 0 fully saturated rings. The van der Waals surface area contributed by atoms with Crippen LogP contribution < -0.4 is 5.11 Å². The molecule has 0 N–H and O–H groups in total. The van der Waals surface area contributed by atoms with Gasteiger partial charge < -0.3 is 19.5 Å². The van der Waals surface area contributed by atoms with Crippen LogP contribution >= 0.6 is 0 Å². The van der Waals surface area contributed by atoms with Crippen LogP contribution in [-0.4, -0.2) is 51.3 Å². The van der Waals surface area contributed by atoms with Crippen molar-refractivity contribution < 1.29 is 32.0 Å². The van der Waals surface area contributed by atoms with Gasteiger partial charge in [-0.2, -0.15) is 8.42 Å². The zero-order chi connectivity index (χ0) is 16.8. The number of carboxylic acids is 1. The summed E-state index contributed by atoms with van der Waals surface area (Å²) in [6, 6.07) is 7.20. The number of aliphatic carboxylic acids is 1. The molecule has 122 valence electrons. The number of hydrogen-bond acceptors (Lipinski definition) is 7. The molecule has 1 atom stereocenters. The van der Waals surface area contributed by atoms with E-state index in [0.717, 1.165) is 18.9 Å². The number of ether oxygens (including phenoxy) is 1. The highest BCUT2D eigenvalue weighted by Gasteiger charge is 2.24. The highest BCUT2D eigenvalue weighted by molar-refractivity contribution is 7.85. The van der Waals surface area contributed by atoms with Gasteiger partial charge in [-0.1, -0.05) is 30.3 Å². The number of nitrogens with zero attached hydrogens (tertiary/aromatic N) is 1. The van der Waals surface area contributed by atoms with Crippen LogP contribution in [0.2, 0.25) is 0 Å². The molecule has 0 saturated heterocycles. The Morgan fingerprint density at radius 2 is 1.86 bits per heavy atom. The number of hydrogen-bond donors (Lipinski definition) is 0. The van der Waals surface area contributed by atoms with Crippen LogP contribution in [0.4, 0.5) is 4.79 Å². The summed E-state index contributed by atoms with van der Waals surface area (Å²) in [5.41, 5.74) is 0.724. The summed E-state index contributed by atoms with van der Waals surface area (Å²) < 4.78 is 31.1. The molecule has 0 radical (unpaired) electrons. The van der Waals surface area contributed by atoms with Gasteiger partial charge in [-0.25, -0.2) is 4.79 Å². The van der Waals surface area contributed by atoms with Crippen molar-refractivity contribution in [1.29, 1.82) is 0 Å². The van der Waals surface area contributed by atoms with Crippen molar-refractivity contribution in [3.63, 3.8) is 0 Å². The molecule has 1 rings (SSSR count). The molecule has 9 heteroatoms.